The first-order valence-electron chi connectivity index (χ1n) is 7.63. The van der Waals surface area contributed by atoms with E-state index in [0.717, 1.165) is 0 Å². The van der Waals surface area contributed by atoms with E-state index in [2.05, 4.69) is 15.0 Å². The molecule has 0 saturated carbocycles. The molecule has 3 rings (SSSR count). The van der Waals surface area contributed by atoms with Crippen molar-refractivity contribution >= 4 is 49.7 Å². The highest BCUT2D eigenvalue weighted by Crippen LogP contribution is 2.23. The van der Waals surface area contributed by atoms with E-state index >= 15 is 0 Å². The second-order valence-corrected chi connectivity index (χ2v) is 8.22. The third kappa shape index (κ3) is 5.19. The maximum absolute atomic E-state index is 12.3. The number of para-hydroxylation sites is 1. The Morgan fingerprint density at radius 3 is 2.56 bits per heavy atom. The highest BCUT2D eigenvalue weighted by Gasteiger charge is 2.15. The minimum absolute atomic E-state index is 0.0583. The lowest BCUT2D eigenvalue weighted by Crippen LogP contribution is -2.20. The fraction of sp³-hybridized carbons (Fsp3) is 0.0588. The van der Waals surface area contributed by atoms with Crippen LogP contribution in [0.1, 0.15) is 0 Å². The van der Waals surface area contributed by atoms with Crippen molar-refractivity contribution in [3.8, 4) is 5.75 Å². The molecule has 27 heavy (non-hydrogen) atoms. The van der Waals surface area contributed by atoms with E-state index in [-0.39, 0.29) is 16.6 Å². The average molecular weight is 424 g/mol. The van der Waals surface area contributed by atoms with Crippen LogP contribution in [-0.4, -0.2) is 25.9 Å². The lowest BCUT2D eigenvalue weighted by molar-refractivity contribution is -0.118. The van der Waals surface area contributed by atoms with Crippen molar-refractivity contribution in [3.05, 3.63) is 65.1 Å². The molecular weight excluding hydrogens is 410 g/mol. The van der Waals surface area contributed by atoms with Crippen LogP contribution in [0.3, 0.4) is 0 Å². The summed E-state index contributed by atoms with van der Waals surface area (Å²) in [5.74, 6) is 0.00968. The predicted molar refractivity (Wildman–Crippen MR) is 105 cm³/mol. The number of hydrogen-bond donors (Lipinski definition) is 2. The Bertz CT molecular complexity index is 1020. The molecule has 1 aromatic heterocycles. The minimum atomic E-state index is -3.73. The second kappa shape index (κ2) is 8.38. The maximum Gasteiger partial charge on any atom is 0.263 e. The molecule has 2 N–H and O–H groups in total. The van der Waals surface area contributed by atoms with Gasteiger partial charge in [0.2, 0.25) is 0 Å². The molecule has 3 aromatic rings. The van der Waals surface area contributed by atoms with Gasteiger partial charge >= 0.3 is 0 Å². The average Bonchev–Trinajstić information content (AvgIpc) is 3.14. The standard InChI is InChI=1S/C17H14ClN3O4S2/c18-14-3-1-2-4-15(14)25-11-16(22)20-12-5-7-13(8-6-12)27(23,24)21-17-19-9-10-26-17/h1-10H,11H2,(H,19,21)(H,20,22). The molecule has 0 aliphatic carbocycles. The summed E-state index contributed by atoms with van der Waals surface area (Å²) >= 11 is 7.13. The van der Waals surface area contributed by atoms with Gasteiger partial charge in [-0.15, -0.1) is 11.3 Å². The lowest BCUT2D eigenvalue weighted by atomic mass is 10.3. The number of carbonyl (C=O) groups is 1. The summed E-state index contributed by atoms with van der Waals surface area (Å²) in [6, 6.07) is 12.6. The van der Waals surface area contributed by atoms with Crippen molar-refractivity contribution in [3.63, 3.8) is 0 Å². The summed E-state index contributed by atoms with van der Waals surface area (Å²) < 4.78 is 32.3. The molecule has 2 aromatic carbocycles. The largest absolute Gasteiger partial charge is 0.482 e. The van der Waals surface area contributed by atoms with Gasteiger partial charge in [0.15, 0.2) is 11.7 Å². The normalized spacial score (nSPS) is 11.0. The zero-order chi connectivity index (χ0) is 19.3. The smallest absolute Gasteiger partial charge is 0.263 e. The Morgan fingerprint density at radius 1 is 1.15 bits per heavy atom. The van der Waals surface area contributed by atoms with E-state index in [1.165, 1.54) is 41.8 Å². The van der Waals surface area contributed by atoms with E-state index in [1.807, 2.05) is 0 Å². The van der Waals surface area contributed by atoms with Crippen LogP contribution in [0, 0.1) is 0 Å². The molecule has 10 heteroatoms. The van der Waals surface area contributed by atoms with Gasteiger partial charge in [0.25, 0.3) is 15.9 Å². The molecule has 0 radical (unpaired) electrons. The van der Waals surface area contributed by atoms with Crippen molar-refractivity contribution in [2.45, 2.75) is 4.90 Å². The number of rotatable bonds is 7. The number of thiazole rings is 1. The van der Waals surface area contributed by atoms with Gasteiger partial charge in [-0.3, -0.25) is 9.52 Å². The first-order valence-corrected chi connectivity index (χ1v) is 10.4. The number of amides is 1. The maximum atomic E-state index is 12.3. The molecule has 140 valence electrons. The number of nitrogens with zero attached hydrogens (tertiary/aromatic N) is 1. The molecule has 0 aliphatic heterocycles. The Labute approximate surface area is 165 Å². The molecule has 0 spiro atoms. The van der Waals surface area contributed by atoms with Gasteiger partial charge in [0.1, 0.15) is 5.75 Å². The van der Waals surface area contributed by atoms with E-state index in [9.17, 15) is 13.2 Å². The van der Waals surface area contributed by atoms with E-state index < -0.39 is 15.9 Å². The molecule has 0 aliphatic rings. The molecule has 0 saturated heterocycles. The molecular formula is C17H14ClN3O4S2. The van der Waals surface area contributed by atoms with E-state index in [0.29, 0.717) is 16.5 Å². The van der Waals surface area contributed by atoms with Gasteiger partial charge in [0.05, 0.1) is 9.92 Å². The number of ether oxygens (including phenoxy) is 1. The van der Waals surface area contributed by atoms with Gasteiger partial charge in [-0.1, -0.05) is 23.7 Å². The quantitative estimate of drug-likeness (QED) is 0.605. The summed E-state index contributed by atoms with van der Waals surface area (Å²) in [6.07, 6.45) is 1.51. The fourth-order valence-corrected chi connectivity index (χ4v) is 4.05. The SMILES string of the molecule is O=C(COc1ccccc1Cl)Nc1ccc(S(=O)(=O)Nc2nccs2)cc1. The first-order chi connectivity index (χ1) is 12.9. The Balaban J connectivity index is 1.58. The number of hydrogen-bond acceptors (Lipinski definition) is 6. The van der Waals surface area contributed by atoms with Crippen molar-refractivity contribution in [1.29, 1.82) is 0 Å². The second-order valence-electron chi connectivity index (χ2n) is 5.23. The summed E-state index contributed by atoms with van der Waals surface area (Å²) in [5.41, 5.74) is 0.441. The number of benzene rings is 2. The van der Waals surface area contributed by atoms with Crippen LogP contribution in [0.4, 0.5) is 10.8 Å². The van der Waals surface area contributed by atoms with Crippen LogP contribution >= 0.6 is 22.9 Å². The molecule has 0 bridgehead atoms. The Hall–Kier alpha value is -2.62. The van der Waals surface area contributed by atoms with Crippen LogP contribution < -0.4 is 14.8 Å². The van der Waals surface area contributed by atoms with Crippen molar-refractivity contribution in [2.24, 2.45) is 0 Å². The number of anilines is 2. The summed E-state index contributed by atoms with van der Waals surface area (Å²) in [6.45, 7) is -0.227. The highest BCUT2D eigenvalue weighted by atomic mass is 35.5. The molecule has 0 fully saturated rings. The van der Waals surface area contributed by atoms with Crippen LogP contribution in [0.5, 0.6) is 5.75 Å². The number of carbonyl (C=O) groups excluding carboxylic acids is 1. The Morgan fingerprint density at radius 2 is 1.89 bits per heavy atom. The number of sulfonamides is 1. The highest BCUT2D eigenvalue weighted by molar-refractivity contribution is 7.93. The van der Waals surface area contributed by atoms with Crippen LogP contribution in [-0.2, 0) is 14.8 Å². The summed E-state index contributed by atoms with van der Waals surface area (Å²) in [4.78, 5) is 15.9. The molecule has 0 unspecified atom stereocenters. The first kappa shape index (κ1) is 19.2. The Kier molecular flexibility index (Phi) is 5.94. The summed E-state index contributed by atoms with van der Waals surface area (Å²) in [7, 11) is -3.73. The van der Waals surface area contributed by atoms with Gasteiger partial charge < -0.3 is 10.1 Å². The lowest BCUT2D eigenvalue weighted by Gasteiger charge is -2.09. The van der Waals surface area contributed by atoms with Crippen LogP contribution in [0.2, 0.25) is 5.02 Å². The molecule has 7 nitrogen and oxygen atoms in total. The van der Waals surface area contributed by atoms with Gasteiger partial charge in [-0.25, -0.2) is 13.4 Å². The molecule has 1 heterocycles. The monoisotopic (exact) mass is 423 g/mol. The van der Waals surface area contributed by atoms with E-state index in [1.54, 1.807) is 29.6 Å². The fourth-order valence-electron chi connectivity index (χ4n) is 2.07. The van der Waals surface area contributed by atoms with Gasteiger partial charge in [0, 0.05) is 17.3 Å². The van der Waals surface area contributed by atoms with Crippen LogP contribution in [0.15, 0.2) is 65.0 Å². The zero-order valence-corrected chi connectivity index (χ0v) is 16.1. The van der Waals surface area contributed by atoms with Crippen molar-refractivity contribution in [1.82, 2.24) is 4.98 Å². The third-order valence-corrected chi connectivity index (χ3v) is 5.78. The van der Waals surface area contributed by atoms with E-state index in [4.69, 9.17) is 16.3 Å². The number of aromatic nitrogens is 1. The van der Waals surface area contributed by atoms with Crippen molar-refractivity contribution in [2.75, 3.05) is 16.6 Å². The minimum Gasteiger partial charge on any atom is -0.482 e. The number of halogens is 1. The van der Waals surface area contributed by atoms with Gasteiger partial charge in [-0.2, -0.15) is 0 Å². The number of nitrogens with one attached hydrogen (secondary N) is 2. The van der Waals surface area contributed by atoms with Crippen molar-refractivity contribution < 1.29 is 17.9 Å². The predicted octanol–water partition coefficient (Wildman–Crippen LogP) is 3.61. The molecule has 0 atom stereocenters. The zero-order valence-electron chi connectivity index (χ0n) is 13.8. The summed E-state index contributed by atoms with van der Waals surface area (Å²) in [5, 5.41) is 4.98. The van der Waals surface area contributed by atoms with Gasteiger partial charge in [-0.05, 0) is 36.4 Å². The molecule has 1 amide bonds. The topological polar surface area (TPSA) is 97.4 Å². The third-order valence-electron chi connectivity index (χ3n) is 3.30. The van der Waals surface area contributed by atoms with Crippen LogP contribution in [0.25, 0.3) is 0 Å².